The van der Waals surface area contributed by atoms with Crippen LogP contribution in [-0.2, 0) is 18.9 Å². The van der Waals surface area contributed by atoms with Gasteiger partial charge in [-0.25, -0.2) is 0 Å². The molecule has 0 amide bonds. The lowest BCUT2D eigenvalue weighted by atomic mass is 10.1. The van der Waals surface area contributed by atoms with Gasteiger partial charge in [0.15, 0.2) is 0 Å². The van der Waals surface area contributed by atoms with Crippen molar-refractivity contribution in [2.24, 2.45) is 0 Å². The Labute approximate surface area is 78.4 Å². The predicted molar refractivity (Wildman–Crippen MR) is 47.5 cm³/mol. The fraction of sp³-hybridized carbons (Fsp3) is 0.778. The van der Waals surface area contributed by atoms with Gasteiger partial charge >= 0.3 is 0 Å². The highest BCUT2D eigenvalue weighted by molar-refractivity contribution is 4.98. The molecule has 1 aliphatic heterocycles. The van der Waals surface area contributed by atoms with Crippen LogP contribution in [0.4, 0.5) is 0 Å². The molecule has 4 nitrogen and oxygen atoms in total. The fourth-order valence-electron chi connectivity index (χ4n) is 1.42. The summed E-state index contributed by atoms with van der Waals surface area (Å²) in [7, 11) is 4.92. The van der Waals surface area contributed by atoms with Gasteiger partial charge in [-0.05, 0) is 6.08 Å². The van der Waals surface area contributed by atoms with Crippen LogP contribution in [0, 0.1) is 0 Å². The van der Waals surface area contributed by atoms with E-state index in [1.165, 1.54) is 0 Å². The Kier molecular flexibility index (Phi) is 4.21. The zero-order chi connectivity index (χ0) is 9.68. The molecule has 0 aliphatic carbocycles. The van der Waals surface area contributed by atoms with Crippen LogP contribution in [-0.4, -0.2) is 46.2 Å². The molecule has 1 aliphatic rings. The molecule has 3 atom stereocenters. The Morgan fingerprint density at radius 3 is 2.54 bits per heavy atom. The number of ether oxygens (including phenoxy) is 4. The van der Waals surface area contributed by atoms with Gasteiger partial charge in [-0.3, -0.25) is 0 Å². The zero-order valence-corrected chi connectivity index (χ0v) is 8.23. The monoisotopic (exact) mass is 188 g/mol. The van der Waals surface area contributed by atoms with E-state index in [0.717, 1.165) is 0 Å². The second kappa shape index (κ2) is 5.21. The van der Waals surface area contributed by atoms with Crippen molar-refractivity contribution in [3.05, 3.63) is 12.3 Å². The summed E-state index contributed by atoms with van der Waals surface area (Å²) >= 11 is 0. The minimum Gasteiger partial charge on any atom is -0.493 e. The minimum absolute atomic E-state index is 0.0566. The Hall–Kier alpha value is -0.580. The normalized spacial score (nSPS) is 33.0. The molecule has 76 valence electrons. The predicted octanol–water partition coefficient (Wildman–Crippen LogP) is 0.575. The maximum absolute atomic E-state index is 5.34. The summed E-state index contributed by atoms with van der Waals surface area (Å²) in [4.78, 5) is 0. The molecule has 0 aromatic heterocycles. The first kappa shape index (κ1) is 10.5. The first-order valence-corrected chi connectivity index (χ1v) is 4.20. The molecule has 0 saturated carbocycles. The fourth-order valence-corrected chi connectivity index (χ4v) is 1.42. The quantitative estimate of drug-likeness (QED) is 0.646. The molecule has 13 heavy (non-hydrogen) atoms. The number of hydrogen-bond acceptors (Lipinski definition) is 4. The average molecular weight is 188 g/mol. The van der Waals surface area contributed by atoms with Gasteiger partial charge in [0.05, 0.1) is 12.9 Å². The van der Waals surface area contributed by atoms with E-state index in [9.17, 15) is 0 Å². The van der Waals surface area contributed by atoms with Crippen molar-refractivity contribution in [1.82, 2.24) is 0 Å². The van der Waals surface area contributed by atoms with Crippen molar-refractivity contribution in [1.29, 1.82) is 0 Å². The van der Waals surface area contributed by atoms with Crippen LogP contribution in [0.25, 0.3) is 0 Å². The highest BCUT2D eigenvalue weighted by Gasteiger charge is 2.32. The van der Waals surface area contributed by atoms with Crippen LogP contribution in [0.15, 0.2) is 12.3 Å². The summed E-state index contributed by atoms with van der Waals surface area (Å²) in [6.45, 7) is 0.503. The molecule has 1 heterocycles. The largest absolute Gasteiger partial charge is 0.493 e. The number of methoxy groups -OCH3 is 3. The van der Waals surface area contributed by atoms with Crippen LogP contribution in [0.5, 0.6) is 0 Å². The molecule has 0 N–H and O–H groups in total. The third kappa shape index (κ3) is 2.43. The van der Waals surface area contributed by atoms with Crippen LogP contribution in [0.3, 0.4) is 0 Å². The summed E-state index contributed by atoms with van der Waals surface area (Å²) < 4.78 is 20.9. The van der Waals surface area contributed by atoms with Gasteiger partial charge in [0.1, 0.15) is 18.3 Å². The van der Waals surface area contributed by atoms with Gasteiger partial charge in [-0.1, -0.05) is 0 Å². The van der Waals surface area contributed by atoms with Crippen molar-refractivity contribution in [3.8, 4) is 0 Å². The molecule has 0 spiro atoms. The molecule has 0 aromatic carbocycles. The molecule has 0 saturated heterocycles. The Bertz CT molecular complexity index is 169. The molecule has 0 aromatic rings. The molecule has 0 radical (unpaired) electrons. The van der Waals surface area contributed by atoms with E-state index in [0.29, 0.717) is 6.61 Å². The topological polar surface area (TPSA) is 36.9 Å². The standard InChI is InChI=1S/C9H16O4/c1-10-6-8-9(12-3)7(11-2)4-5-13-8/h4-5,7-9H,6H2,1-3H3. The van der Waals surface area contributed by atoms with Crippen LogP contribution < -0.4 is 0 Å². The van der Waals surface area contributed by atoms with E-state index in [1.54, 1.807) is 27.6 Å². The summed E-state index contributed by atoms with van der Waals surface area (Å²) in [5, 5.41) is 0. The van der Waals surface area contributed by atoms with E-state index in [2.05, 4.69) is 0 Å². The molecule has 0 fully saturated rings. The minimum atomic E-state index is -0.102. The van der Waals surface area contributed by atoms with Gasteiger partial charge in [0.2, 0.25) is 0 Å². The second-order valence-corrected chi connectivity index (χ2v) is 2.86. The van der Waals surface area contributed by atoms with Crippen LogP contribution >= 0.6 is 0 Å². The highest BCUT2D eigenvalue weighted by Crippen LogP contribution is 2.17. The summed E-state index contributed by atoms with van der Waals surface area (Å²) in [5.74, 6) is 0. The molecular formula is C9H16O4. The third-order valence-electron chi connectivity index (χ3n) is 2.09. The summed E-state index contributed by atoms with van der Waals surface area (Å²) in [6.07, 6.45) is 3.21. The maximum Gasteiger partial charge on any atom is 0.150 e. The van der Waals surface area contributed by atoms with Crippen LogP contribution in [0.2, 0.25) is 0 Å². The molecule has 0 bridgehead atoms. The van der Waals surface area contributed by atoms with E-state index < -0.39 is 0 Å². The van der Waals surface area contributed by atoms with E-state index in [1.807, 2.05) is 6.08 Å². The van der Waals surface area contributed by atoms with E-state index in [4.69, 9.17) is 18.9 Å². The average Bonchev–Trinajstić information content (AvgIpc) is 2.18. The summed E-state index contributed by atoms with van der Waals surface area (Å²) in [6, 6.07) is 0. The van der Waals surface area contributed by atoms with Gasteiger partial charge in [-0.2, -0.15) is 0 Å². The lowest BCUT2D eigenvalue weighted by Crippen LogP contribution is -2.44. The van der Waals surface area contributed by atoms with E-state index in [-0.39, 0.29) is 18.3 Å². The smallest absolute Gasteiger partial charge is 0.150 e. The maximum atomic E-state index is 5.34. The molecule has 3 unspecified atom stereocenters. The van der Waals surface area contributed by atoms with Crippen LogP contribution in [0.1, 0.15) is 0 Å². The first-order chi connectivity index (χ1) is 6.33. The highest BCUT2D eigenvalue weighted by atomic mass is 16.6. The van der Waals surface area contributed by atoms with Crippen molar-refractivity contribution in [2.75, 3.05) is 27.9 Å². The third-order valence-corrected chi connectivity index (χ3v) is 2.09. The number of hydrogen-bond donors (Lipinski definition) is 0. The Balaban J connectivity index is 2.59. The second-order valence-electron chi connectivity index (χ2n) is 2.86. The summed E-state index contributed by atoms with van der Waals surface area (Å²) in [5.41, 5.74) is 0. The zero-order valence-electron chi connectivity index (χ0n) is 8.23. The van der Waals surface area contributed by atoms with Gasteiger partial charge in [-0.15, -0.1) is 0 Å². The van der Waals surface area contributed by atoms with Gasteiger partial charge < -0.3 is 18.9 Å². The molecule has 4 heteroatoms. The van der Waals surface area contributed by atoms with Crippen molar-refractivity contribution >= 4 is 0 Å². The lowest BCUT2D eigenvalue weighted by Gasteiger charge is -2.32. The molecule has 1 rings (SSSR count). The lowest BCUT2D eigenvalue weighted by molar-refractivity contribution is -0.113. The van der Waals surface area contributed by atoms with E-state index >= 15 is 0 Å². The SMILES string of the molecule is COCC1OC=CC(OC)C1OC. The van der Waals surface area contributed by atoms with Crippen molar-refractivity contribution in [2.45, 2.75) is 18.3 Å². The van der Waals surface area contributed by atoms with Gasteiger partial charge in [0.25, 0.3) is 0 Å². The Morgan fingerprint density at radius 2 is 2.00 bits per heavy atom. The first-order valence-electron chi connectivity index (χ1n) is 4.20. The molecular weight excluding hydrogens is 172 g/mol. The Morgan fingerprint density at radius 1 is 1.23 bits per heavy atom. The van der Waals surface area contributed by atoms with Crippen molar-refractivity contribution in [3.63, 3.8) is 0 Å². The van der Waals surface area contributed by atoms with Gasteiger partial charge in [0, 0.05) is 21.3 Å². The van der Waals surface area contributed by atoms with Crippen molar-refractivity contribution < 1.29 is 18.9 Å². The number of rotatable bonds is 4.